The van der Waals surface area contributed by atoms with Crippen molar-refractivity contribution >= 4 is 45.8 Å². The maximum atomic E-state index is 14.2. The molecule has 4 aromatic carbocycles. The van der Waals surface area contributed by atoms with Gasteiger partial charge in [0.25, 0.3) is 5.91 Å². The molecule has 0 bridgehead atoms. The summed E-state index contributed by atoms with van der Waals surface area (Å²) in [5.41, 5.74) is 2.94. The van der Waals surface area contributed by atoms with Gasteiger partial charge in [-0.15, -0.1) is 0 Å². The van der Waals surface area contributed by atoms with Crippen LogP contribution >= 0.6 is 11.6 Å². The summed E-state index contributed by atoms with van der Waals surface area (Å²) < 4.78 is 0. The number of halogens is 1. The second kappa shape index (κ2) is 11.9. The zero-order valence-corrected chi connectivity index (χ0v) is 23.4. The van der Waals surface area contributed by atoms with Crippen LogP contribution in [0, 0.1) is 0 Å². The van der Waals surface area contributed by atoms with Crippen molar-refractivity contribution in [2.75, 3.05) is 11.4 Å². The first kappa shape index (κ1) is 27.4. The Labute approximate surface area is 239 Å². The van der Waals surface area contributed by atoms with Gasteiger partial charge in [0.1, 0.15) is 12.6 Å². The SMILES string of the molecule is CC[C@@H](C)NC(=O)[C@@H](Cc1ccccc1)N(Cc1ccccc1Cl)C(=O)CN1C(=O)c2cccc3cccc1c23. The Morgan fingerprint density at radius 3 is 2.35 bits per heavy atom. The van der Waals surface area contributed by atoms with Crippen LogP contribution in [0.25, 0.3) is 10.8 Å². The van der Waals surface area contributed by atoms with E-state index in [0.29, 0.717) is 22.7 Å². The number of anilines is 1. The van der Waals surface area contributed by atoms with Crippen molar-refractivity contribution in [1.82, 2.24) is 10.2 Å². The van der Waals surface area contributed by atoms with Gasteiger partial charge < -0.3 is 10.2 Å². The molecule has 1 N–H and O–H groups in total. The third-order valence-electron chi connectivity index (χ3n) is 7.51. The number of nitrogens with one attached hydrogen (secondary N) is 1. The van der Waals surface area contributed by atoms with Gasteiger partial charge in [-0.05, 0) is 48.1 Å². The van der Waals surface area contributed by atoms with E-state index in [1.807, 2.05) is 92.7 Å². The van der Waals surface area contributed by atoms with E-state index in [9.17, 15) is 14.4 Å². The standard InChI is InChI=1S/C33H32ClN3O3/c1-3-22(2)35-32(39)29(19-23-11-5-4-6-12-23)36(20-25-13-7-8-17-27(25)34)30(38)21-37-28-18-10-15-24-14-9-16-26(31(24)28)33(37)40/h4-18,22,29H,3,19-21H2,1-2H3,(H,35,39)/t22-,29-/m1/s1. The van der Waals surface area contributed by atoms with Crippen molar-refractivity contribution in [2.24, 2.45) is 0 Å². The molecule has 7 heteroatoms. The highest BCUT2D eigenvalue weighted by Crippen LogP contribution is 2.37. The van der Waals surface area contributed by atoms with E-state index in [1.54, 1.807) is 17.0 Å². The molecule has 1 aliphatic rings. The molecule has 0 fully saturated rings. The van der Waals surface area contributed by atoms with Crippen LogP contribution in [-0.4, -0.2) is 41.2 Å². The lowest BCUT2D eigenvalue weighted by Gasteiger charge is -2.33. The predicted molar refractivity (Wildman–Crippen MR) is 159 cm³/mol. The first-order chi connectivity index (χ1) is 19.4. The first-order valence-corrected chi connectivity index (χ1v) is 14.0. The number of benzene rings is 4. The summed E-state index contributed by atoms with van der Waals surface area (Å²) in [6.07, 6.45) is 1.08. The highest BCUT2D eigenvalue weighted by Gasteiger charge is 2.36. The molecule has 0 aliphatic carbocycles. The average Bonchev–Trinajstić information content (AvgIpc) is 3.24. The van der Waals surface area contributed by atoms with E-state index in [-0.39, 0.29) is 36.9 Å². The zero-order chi connectivity index (χ0) is 28.2. The molecule has 0 radical (unpaired) electrons. The monoisotopic (exact) mass is 553 g/mol. The number of carbonyl (C=O) groups excluding carboxylic acids is 3. The van der Waals surface area contributed by atoms with E-state index < -0.39 is 6.04 Å². The quantitative estimate of drug-likeness (QED) is 0.261. The molecule has 40 heavy (non-hydrogen) atoms. The highest BCUT2D eigenvalue weighted by molar-refractivity contribution is 6.31. The summed E-state index contributed by atoms with van der Waals surface area (Å²) in [5, 5.41) is 5.37. The van der Waals surface area contributed by atoms with E-state index in [1.165, 1.54) is 4.90 Å². The number of hydrogen-bond acceptors (Lipinski definition) is 3. The Balaban J connectivity index is 1.52. The normalized spacial score (nSPS) is 13.8. The average molecular weight is 554 g/mol. The summed E-state index contributed by atoms with van der Waals surface area (Å²) in [7, 11) is 0. The van der Waals surface area contributed by atoms with Gasteiger partial charge in [-0.1, -0.05) is 91.3 Å². The van der Waals surface area contributed by atoms with Gasteiger partial charge in [0, 0.05) is 35.0 Å². The fourth-order valence-electron chi connectivity index (χ4n) is 5.17. The molecule has 0 saturated heterocycles. The number of hydrogen-bond donors (Lipinski definition) is 1. The van der Waals surface area contributed by atoms with Crippen LogP contribution in [0.2, 0.25) is 5.02 Å². The largest absolute Gasteiger partial charge is 0.352 e. The van der Waals surface area contributed by atoms with Gasteiger partial charge in [0.15, 0.2) is 0 Å². The first-order valence-electron chi connectivity index (χ1n) is 13.6. The van der Waals surface area contributed by atoms with Crippen LogP contribution in [0.1, 0.15) is 41.8 Å². The Bertz CT molecular complexity index is 1550. The minimum Gasteiger partial charge on any atom is -0.352 e. The van der Waals surface area contributed by atoms with Gasteiger partial charge in [-0.25, -0.2) is 0 Å². The second-order valence-electron chi connectivity index (χ2n) is 10.2. The Morgan fingerprint density at radius 2 is 1.62 bits per heavy atom. The molecule has 204 valence electrons. The van der Waals surface area contributed by atoms with Crippen LogP contribution in [-0.2, 0) is 22.6 Å². The van der Waals surface area contributed by atoms with E-state index in [4.69, 9.17) is 11.6 Å². The Kier molecular flexibility index (Phi) is 8.17. The van der Waals surface area contributed by atoms with E-state index >= 15 is 0 Å². The van der Waals surface area contributed by atoms with Crippen molar-refractivity contribution in [3.63, 3.8) is 0 Å². The molecule has 3 amide bonds. The van der Waals surface area contributed by atoms with Crippen LogP contribution in [0.15, 0.2) is 91.0 Å². The maximum Gasteiger partial charge on any atom is 0.259 e. The third kappa shape index (κ3) is 5.58. The second-order valence-corrected chi connectivity index (χ2v) is 10.6. The highest BCUT2D eigenvalue weighted by atomic mass is 35.5. The summed E-state index contributed by atoms with van der Waals surface area (Å²) >= 11 is 6.53. The summed E-state index contributed by atoms with van der Waals surface area (Å²) in [5.74, 6) is -0.795. The molecule has 4 aromatic rings. The Hall–Kier alpha value is -4.16. The van der Waals surface area contributed by atoms with Crippen molar-refractivity contribution in [3.05, 3.63) is 113 Å². The van der Waals surface area contributed by atoms with E-state index in [2.05, 4.69) is 5.32 Å². The van der Waals surface area contributed by atoms with Crippen LogP contribution in [0.3, 0.4) is 0 Å². The van der Waals surface area contributed by atoms with Crippen LogP contribution < -0.4 is 10.2 Å². The lowest BCUT2D eigenvalue weighted by Crippen LogP contribution is -2.54. The molecule has 0 unspecified atom stereocenters. The Morgan fingerprint density at radius 1 is 0.925 bits per heavy atom. The summed E-state index contributed by atoms with van der Waals surface area (Å²) in [4.78, 5) is 44.6. The molecule has 5 rings (SSSR count). The van der Waals surface area contributed by atoms with Gasteiger partial charge in [0.2, 0.25) is 11.8 Å². The van der Waals surface area contributed by atoms with Gasteiger partial charge in [0.05, 0.1) is 5.69 Å². The number of amides is 3. The molecule has 6 nitrogen and oxygen atoms in total. The van der Waals surface area contributed by atoms with Gasteiger partial charge in [-0.2, -0.15) is 0 Å². The summed E-state index contributed by atoms with van der Waals surface area (Å²) in [6, 6.07) is 27.4. The minimum atomic E-state index is -0.809. The predicted octanol–water partition coefficient (Wildman–Crippen LogP) is 6.01. The number of carbonyl (C=O) groups is 3. The molecule has 1 aliphatic heterocycles. The molecular weight excluding hydrogens is 522 g/mol. The molecule has 0 saturated carbocycles. The maximum absolute atomic E-state index is 14.2. The zero-order valence-electron chi connectivity index (χ0n) is 22.6. The number of rotatable bonds is 10. The van der Waals surface area contributed by atoms with E-state index in [0.717, 1.165) is 28.3 Å². The fourth-order valence-corrected chi connectivity index (χ4v) is 5.36. The van der Waals surface area contributed by atoms with Gasteiger partial charge in [-0.3, -0.25) is 19.3 Å². The van der Waals surface area contributed by atoms with Gasteiger partial charge >= 0.3 is 0 Å². The molecule has 2 atom stereocenters. The lowest BCUT2D eigenvalue weighted by molar-refractivity contribution is -0.140. The fraction of sp³-hybridized carbons (Fsp3) is 0.242. The number of nitrogens with zero attached hydrogens (tertiary/aromatic N) is 2. The molecule has 1 heterocycles. The molecule has 0 aromatic heterocycles. The summed E-state index contributed by atoms with van der Waals surface area (Å²) in [6.45, 7) is 3.88. The topological polar surface area (TPSA) is 69.7 Å². The van der Waals surface area contributed by atoms with Crippen molar-refractivity contribution in [2.45, 2.75) is 45.3 Å². The van der Waals surface area contributed by atoms with Crippen molar-refractivity contribution < 1.29 is 14.4 Å². The third-order valence-corrected chi connectivity index (χ3v) is 7.88. The molecular formula is C33H32ClN3O3. The van der Waals surface area contributed by atoms with Crippen molar-refractivity contribution in [1.29, 1.82) is 0 Å². The van der Waals surface area contributed by atoms with Crippen molar-refractivity contribution in [3.8, 4) is 0 Å². The smallest absolute Gasteiger partial charge is 0.259 e. The van der Waals surface area contributed by atoms with Crippen LogP contribution in [0.5, 0.6) is 0 Å². The minimum absolute atomic E-state index is 0.0599. The van der Waals surface area contributed by atoms with Crippen LogP contribution in [0.4, 0.5) is 5.69 Å². The molecule has 0 spiro atoms. The lowest BCUT2D eigenvalue weighted by atomic mass is 10.0.